The maximum absolute atomic E-state index is 12.3. The van der Waals surface area contributed by atoms with Gasteiger partial charge >= 0.3 is 5.91 Å². The Kier molecular flexibility index (Phi) is 5.37. The fourth-order valence-corrected chi connectivity index (χ4v) is 3.58. The van der Waals surface area contributed by atoms with Crippen molar-refractivity contribution in [1.82, 2.24) is 10.9 Å². The summed E-state index contributed by atoms with van der Waals surface area (Å²) in [6.45, 7) is 0. The predicted molar refractivity (Wildman–Crippen MR) is 97.4 cm³/mol. The van der Waals surface area contributed by atoms with E-state index in [4.69, 9.17) is 4.42 Å². The lowest BCUT2D eigenvalue weighted by Crippen LogP contribution is -2.41. The highest BCUT2D eigenvalue weighted by molar-refractivity contribution is 7.90. The second-order valence-electron chi connectivity index (χ2n) is 5.61. The topological polar surface area (TPSA) is 105 Å². The number of hydrogen-bond acceptors (Lipinski definition) is 5. The lowest BCUT2D eigenvalue weighted by molar-refractivity contribution is 0.0830. The predicted octanol–water partition coefficient (Wildman–Crippen LogP) is 2.33. The summed E-state index contributed by atoms with van der Waals surface area (Å²) < 4.78 is 30.0. The summed E-state index contributed by atoms with van der Waals surface area (Å²) in [7, 11) is -3.58. The van der Waals surface area contributed by atoms with Gasteiger partial charge in [0.05, 0.1) is 4.90 Å². The van der Waals surface area contributed by atoms with Crippen molar-refractivity contribution < 1.29 is 22.4 Å². The number of hydrogen-bond donors (Lipinski definition) is 2. The number of amides is 2. The SMILES string of the molecule is O=C(NNC(=O)c1ccc(CS(=O)(=O)c2ccccc2)o1)c1ccccc1. The van der Waals surface area contributed by atoms with Crippen LogP contribution in [0, 0.1) is 0 Å². The zero-order chi connectivity index (χ0) is 19.3. The van der Waals surface area contributed by atoms with Gasteiger partial charge in [-0.3, -0.25) is 20.4 Å². The molecule has 1 aromatic heterocycles. The summed E-state index contributed by atoms with van der Waals surface area (Å²) in [5.74, 6) is -1.54. The molecule has 0 saturated carbocycles. The molecule has 8 heteroatoms. The minimum atomic E-state index is -3.58. The van der Waals surface area contributed by atoms with Gasteiger partial charge in [0.25, 0.3) is 5.91 Å². The van der Waals surface area contributed by atoms with E-state index in [-0.39, 0.29) is 22.2 Å². The first-order valence-corrected chi connectivity index (χ1v) is 9.63. The van der Waals surface area contributed by atoms with Gasteiger partial charge in [0, 0.05) is 5.56 Å². The molecule has 7 nitrogen and oxygen atoms in total. The van der Waals surface area contributed by atoms with Gasteiger partial charge in [-0.05, 0) is 36.4 Å². The number of nitrogens with one attached hydrogen (secondary N) is 2. The standard InChI is InChI=1S/C19H16N2O5S/c22-18(14-7-3-1-4-8-14)20-21-19(23)17-12-11-15(26-17)13-27(24,25)16-9-5-2-6-10-16/h1-12H,13H2,(H,20,22)(H,21,23). The first-order chi connectivity index (χ1) is 13.0. The molecule has 1 heterocycles. The molecule has 0 aliphatic carbocycles. The van der Waals surface area contributed by atoms with E-state index < -0.39 is 21.7 Å². The Morgan fingerprint density at radius 2 is 1.37 bits per heavy atom. The third-order valence-electron chi connectivity index (χ3n) is 3.65. The maximum Gasteiger partial charge on any atom is 0.305 e. The second-order valence-corrected chi connectivity index (χ2v) is 7.60. The molecule has 138 valence electrons. The number of benzene rings is 2. The third kappa shape index (κ3) is 4.62. The van der Waals surface area contributed by atoms with E-state index in [2.05, 4.69) is 10.9 Å². The van der Waals surface area contributed by atoms with E-state index in [1.54, 1.807) is 48.5 Å². The Morgan fingerprint density at radius 3 is 2.04 bits per heavy atom. The molecule has 0 spiro atoms. The van der Waals surface area contributed by atoms with E-state index in [1.807, 2.05) is 0 Å². The highest BCUT2D eigenvalue weighted by Gasteiger charge is 2.19. The van der Waals surface area contributed by atoms with Crippen molar-refractivity contribution >= 4 is 21.7 Å². The van der Waals surface area contributed by atoms with Crippen molar-refractivity contribution in [1.29, 1.82) is 0 Å². The van der Waals surface area contributed by atoms with Crippen molar-refractivity contribution in [3.05, 3.63) is 89.9 Å². The fourth-order valence-electron chi connectivity index (χ4n) is 2.31. The van der Waals surface area contributed by atoms with Crippen molar-refractivity contribution in [3.63, 3.8) is 0 Å². The molecule has 0 bridgehead atoms. The normalized spacial score (nSPS) is 11.0. The van der Waals surface area contributed by atoms with Crippen molar-refractivity contribution in [3.8, 4) is 0 Å². The summed E-state index contributed by atoms with van der Waals surface area (Å²) in [6.07, 6.45) is 0. The van der Waals surface area contributed by atoms with Crippen molar-refractivity contribution in [2.45, 2.75) is 10.6 Å². The largest absolute Gasteiger partial charge is 0.455 e. The van der Waals surface area contributed by atoms with Crippen LogP contribution in [0.1, 0.15) is 26.7 Å². The quantitative estimate of drug-likeness (QED) is 0.657. The Labute approximate surface area is 155 Å². The van der Waals surface area contributed by atoms with Gasteiger partial charge in [0.15, 0.2) is 15.6 Å². The van der Waals surface area contributed by atoms with Gasteiger partial charge in [-0.1, -0.05) is 36.4 Å². The molecule has 0 unspecified atom stereocenters. The van der Waals surface area contributed by atoms with Gasteiger partial charge in [-0.15, -0.1) is 0 Å². The van der Waals surface area contributed by atoms with E-state index in [0.717, 1.165) is 0 Å². The van der Waals surface area contributed by atoms with E-state index in [9.17, 15) is 18.0 Å². The first kappa shape index (κ1) is 18.4. The van der Waals surface area contributed by atoms with Crippen LogP contribution in [0.25, 0.3) is 0 Å². The molecule has 2 N–H and O–H groups in total. The van der Waals surface area contributed by atoms with Gasteiger partial charge in [-0.2, -0.15) is 0 Å². The van der Waals surface area contributed by atoms with Crippen LogP contribution in [0.3, 0.4) is 0 Å². The third-order valence-corrected chi connectivity index (χ3v) is 5.30. The Hall–Kier alpha value is -3.39. The summed E-state index contributed by atoms with van der Waals surface area (Å²) in [5, 5.41) is 0. The van der Waals surface area contributed by atoms with Gasteiger partial charge in [0.2, 0.25) is 0 Å². The Balaban J connectivity index is 1.62. The summed E-state index contributed by atoms with van der Waals surface area (Å²) in [4.78, 5) is 24.1. The highest BCUT2D eigenvalue weighted by Crippen LogP contribution is 2.18. The van der Waals surface area contributed by atoms with Gasteiger partial charge < -0.3 is 4.42 Å². The van der Waals surface area contributed by atoms with Gasteiger partial charge in [-0.25, -0.2) is 8.42 Å². The molecule has 2 amide bonds. The Morgan fingerprint density at radius 1 is 0.778 bits per heavy atom. The lowest BCUT2D eigenvalue weighted by atomic mass is 10.2. The fraction of sp³-hybridized carbons (Fsp3) is 0.0526. The molecule has 0 radical (unpaired) electrons. The van der Waals surface area contributed by atoms with E-state index in [0.29, 0.717) is 5.56 Å². The molecule has 0 fully saturated rings. The molecule has 27 heavy (non-hydrogen) atoms. The number of carbonyl (C=O) groups excluding carboxylic acids is 2. The number of sulfone groups is 1. The molecule has 0 atom stereocenters. The molecule has 3 aromatic rings. The van der Waals surface area contributed by atoms with Crippen molar-refractivity contribution in [2.24, 2.45) is 0 Å². The minimum Gasteiger partial charge on any atom is -0.455 e. The Bertz CT molecular complexity index is 1040. The summed E-state index contributed by atoms with van der Waals surface area (Å²) >= 11 is 0. The van der Waals surface area contributed by atoms with Crippen LogP contribution >= 0.6 is 0 Å². The zero-order valence-corrected chi connectivity index (χ0v) is 14.9. The van der Waals surface area contributed by atoms with Crippen molar-refractivity contribution in [2.75, 3.05) is 0 Å². The molecular weight excluding hydrogens is 368 g/mol. The maximum atomic E-state index is 12.3. The van der Waals surface area contributed by atoms with Crippen LogP contribution in [0.2, 0.25) is 0 Å². The summed E-state index contributed by atoms with van der Waals surface area (Å²) in [5.41, 5.74) is 4.87. The summed E-state index contributed by atoms with van der Waals surface area (Å²) in [6, 6.07) is 19.1. The highest BCUT2D eigenvalue weighted by atomic mass is 32.2. The number of hydrazine groups is 1. The zero-order valence-electron chi connectivity index (χ0n) is 14.1. The molecule has 0 aliphatic rings. The van der Waals surface area contributed by atoms with E-state index >= 15 is 0 Å². The minimum absolute atomic E-state index is 0.110. The molecule has 0 aliphatic heterocycles. The van der Waals surface area contributed by atoms with Crippen LogP contribution in [-0.2, 0) is 15.6 Å². The number of rotatable bonds is 5. The number of carbonyl (C=O) groups is 2. The smallest absolute Gasteiger partial charge is 0.305 e. The van der Waals surface area contributed by atoms with Crippen LogP contribution < -0.4 is 10.9 Å². The average molecular weight is 384 g/mol. The monoisotopic (exact) mass is 384 g/mol. The second kappa shape index (κ2) is 7.88. The lowest BCUT2D eigenvalue weighted by Gasteiger charge is -2.06. The average Bonchev–Trinajstić information content (AvgIpc) is 3.15. The first-order valence-electron chi connectivity index (χ1n) is 7.98. The van der Waals surface area contributed by atoms with Crippen LogP contribution in [0.5, 0.6) is 0 Å². The molecule has 0 saturated heterocycles. The van der Waals surface area contributed by atoms with Crippen LogP contribution in [0.15, 0.2) is 82.1 Å². The van der Waals surface area contributed by atoms with Crippen LogP contribution in [-0.4, -0.2) is 20.2 Å². The number of furan rings is 1. The van der Waals surface area contributed by atoms with E-state index in [1.165, 1.54) is 24.3 Å². The molecular formula is C19H16N2O5S. The van der Waals surface area contributed by atoms with Gasteiger partial charge in [0.1, 0.15) is 11.5 Å². The van der Waals surface area contributed by atoms with Crippen LogP contribution in [0.4, 0.5) is 0 Å². The molecule has 3 rings (SSSR count). The molecule has 2 aromatic carbocycles.